The maximum atomic E-state index is 10.9. The van der Waals surface area contributed by atoms with Crippen LogP contribution in [0.15, 0.2) is 24.4 Å². The number of aromatic nitrogens is 1. The Kier molecular flexibility index (Phi) is 2.17. The molecule has 1 aromatic carbocycles. The van der Waals surface area contributed by atoms with E-state index in [1.54, 1.807) is 18.3 Å². The van der Waals surface area contributed by atoms with Crippen LogP contribution in [0.1, 0.15) is 6.92 Å². The van der Waals surface area contributed by atoms with E-state index in [9.17, 15) is 4.79 Å². The van der Waals surface area contributed by atoms with E-state index in [0.29, 0.717) is 5.02 Å². The highest BCUT2D eigenvalue weighted by molar-refractivity contribution is 6.36. The van der Waals surface area contributed by atoms with Gasteiger partial charge in [0.25, 0.3) is 0 Å². The van der Waals surface area contributed by atoms with Crippen LogP contribution in [0, 0.1) is 0 Å². The van der Waals surface area contributed by atoms with Crippen molar-refractivity contribution in [3.8, 4) is 0 Å². The third-order valence-electron chi connectivity index (χ3n) is 1.98. The second-order valence-corrected chi connectivity index (χ2v) is 3.45. The molecule has 2 rings (SSSR count). The fourth-order valence-electron chi connectivity index (χ4n) is 1.41. The molecule has 0 saturated carbocycles. The number of hydrogen-bond acceptors (Lipinski definition) is 1. The third kappa shape index (κ3) is 1.46. The summed E-state index contributed by atoms with van der Waals surface area (Å²) in [5.74, 6) is -0.0942. The van der Waals surface area contributed by atoms with Crippen LogP contribution in [0.5, 0.6) is 0 Å². The first-order valence-electron chi connectivity index (χ1n) is 4.21. The van der Waals surface area contributed by atoms with E-state index in [4.69, 9.17) is 11.6 Å². The largest absolute Gasteiger partial charge is 0.359 e. The van der Waals surface area contributed by atoms with Gasteiger partial charge in [-0.05, 0) is 18.2 Å². The Balaban J connectivity index is 2.60. The minimum atomic E-state index is -0.0942. The van der Waals surface area contributed by atoms with Gasteiger partial charge in [-0.1, -0.05) is 11.6 Å². The number of carbonyl (C=O) groups excluding carboxylic acids is 1. The Morgan fingerprint density at radius 2 is 2.21 bits per heavy atom. The molecule has 0 saturated heterocycles. The number of H-pyrrole nitrogens is 1. The van der Waals surface area contributed by atoms with Crippen LogP contribution in [0.2, 0.25) is 5.02 Å². The highest BCUT2D eigenvalue weighted by atomic mass is 35.5. The molecule has 2 aromatic rings. The van der Waals surface area contributed by atoms with Gasteiger partial charge in [0.1, 0.15) is 0 Å². The molecule has 0 radical (unpaired) electrons. The summed E-state index contributed by atoms with van der Waals surface area (Å²) in [6.45, 7) is 1.48. The van der Waals surface area contributed by atoms with Gasteiger partial charge in [-0.2, -0.15) is 0 Å². The van der Waals surface area contributed by atoms with Crippen LogP contribution >= 0.6 is 11.6 Å². The van der Waals surface area contributed by atoms with Gasteiger partial charge in [-0.15, -0.1) is 0 Å². The Morgan fingerprint density at radius 1 is 1.43 bits per heavy atom. The highest BCUT2D eigenvalue weighted by Crippen LogP contribution is 2.28. The SMILES string of the molecule is CC(=O)Nc1ccc(Cl)c2cc[nH]c12. The monoisotopic (exact) mass is 208 g/mol. The Morgan fingerprint density at radius 3 is 2.93 bits per heavy atom. The molecule has 0 unspecified atom stereocenters. The van der Waals surface area contributed by atoms with Gasteiger partial charge in [-0.3, -0.25) is 4.79 Å². The lowest BCUT2D eigenvalue weighted by Gasteiger charge is -2.04. The number of halogens is 1. The molecule has 0 bridgehead atoms. The summed E-state index contributed by atoms with van der Waals surface area (Å²) in [5, 5.41) is 4.32. The number of rotatable bonds is 1. The molecule has 0 atom stereocenters. The predicted molar refractivity (Wildman–Crippen MR) is 57.6 cm³/mol. The van der Waals surface area contributed by atoms with Gasteiger partial charge in [0, 0.05) is 18.5 Å². The highest BCUT2D eigenvalue weighted by Gasteiger charge is 2.05. The van der Waals surface area contributed by atoms with E-state index in [1.807, 2.05) is 6.07 Å². The molecule has 1 aromatic heterocycles. The lowest BCUT2D eigenvalue weighted by atomic mass is 10.2. The zero-order valence-corrected chi connectivity index (χ0v) is 8.35. The third-order valence-corrected chi connectivity index (χ3v) is 2.31. The summed E-state index contributed by atoms with van der Waals surface area (Å²) in [7, 11) is 0. The fraction of sp³-hybridized carbons (Fsp3) is 0.100. The normalized spacial score (nSPS) is 10.4. The molecule has 1 amide bonds. The fourth-order valence-corrected chi connectivity index (χ4v) is 1.64. The van der Waals surface area contributed by atoms with E-state index >= 15 is 0 Å². The average molecular weight is 209 g/mol. The molecule has 72 valence electrons. The van der Waals surface area contributed by atoms with Crippen molar-refractivity contribution in [3.05, 3.63) is 29.4 Å². The van der Waals surface area contributed by atoms with Crippen LogP contribution < -0.4 is 5.32 Å². The second-order valence-electron chi connectivity index (χ2n) is 3.04. The number of amides is 1. The number of carbonyl (C=O) groups is 1. The van der Waals surface area contributed by atoms with Gasteiger partial charge < -0.3 is 10.3 Å². The second kappa shape index (κ2) is 3.35. The zero-order chi connectivity index (χ0) is 10.1. The molecule has 0 fully saturated rings. The minimum absolute atomic E-state index is 0.0942. The van der Waals surface area contributed by atoms with Crippen molar-refractivity contribution < 1.29 is 4.79 Å². The molecule has 2 N–H and O–H groups in total. The first-order chi connectivity index (χ1) is 6.68. The molecule has 0 aliphatic rings. The van der Waals surface area contributed by atoms with Crippen LogP contribution in [-0.2, 0) is 4.79 Å². The summed E-state index contributed by atoms with van der Waals surface area (Å²) in [6.07, 6.45) is 1.79. The Labute approximate surface area is 86.1 Å². The topological polar surface area (TPSA) is 44.9 Å². The summed E-state index contributed by atoms with van der Waals surface area (Å²) >= 11 is 5.97. The van der Waals surface area contributed by atoms with Crippen LogP contribution in [-0.4, -0.2) is 10.9 Å². The van der Waals surface area contributed by atoms with Crippen molar-refractivity contribution in [1.29, 1.82) is 0 Å². The van der Waals surface area contributed by atoms with Crippen LogP contribution in [0.25, 0.3) is 10.9 Å². The molecular formula is C10H9ClN2O. The predicted octanol–water partition coefficient (Wildman–Crippen LogP) is 2.78. The molecular weight excluding hydrogens is 200 g/mol. The molecule has 1 heterocycles. The number of benzene rings is 1. The van der Waals surface area contributed by atoms with Gasteiger partial charge >= 0.3 is 0 Å². The maximum absolute atomic E-state index is 10.9. The Hall–Kier alpha value is -1.48. The zero-order valence-electron chi connectivity index (χ0n) is 7.60. The van der Waals surface area contributed by atoms with Crippen molar-refractivity contribution in [2.24, 2.45) is 0 Å². The van der Waals surface area contributed by atoms with E-state index in [2.05, 4.69) is 10.3 Å². The molecule has 3 nitrogen and oxygen atoms in total. The minimum Gasteiger partial charge on any atom is -0.359 e. The van der Waals surface area contributed by atoms with Crippen molar-refractivity contribution in [3.63, 3.8) is 0 Å². The maximum Gasteiger partial charge on any atom is 0.221 e. The lowest BCUT2D eigenvalue weighted by Crippen LogP contribution is -2.05. The first-order valence-corrected chi connectivity index (χ1v) is 4.59. The van der Waals surface area contributed by atoms with E-state index in [0.717, 1.165) is 16.6 Å². The standard InChI is InChI=1S/C10H9ClN2O/c1-6(14)13-9-3-2-8(11)7-4-5-12-10(7)9/h2-5,12H,1H3,(H,13,14). The van der Waals surface area contributed by atoms with E-state index < -0.39 is 0 Å². The molecule has 14 heavy (non-hydrogen) atoms. The van der Waals surface area contributed by atoms with Crippen molar-refractivity contribution in [2.75, 3.05) is 5.32 Å². The Bertz CT molecular complexity index is 490. The number of hydrogen-bond donors (Lipinski definition) is 2. The molecule has 0 aliphatic carbocycles. The number of aromatic amines is 1. The van der Waals surface area contributed by atoms with Crippen LogP contribution in [0.4, 0.5) is 5.69 Å². The summed E-state index contributed by atoms with van der Waals surface area (Å²) in [4.78, 5) is 13.9. The van der Waals surface area contributed by atoms with Gasteiger partial charge in [0.15, 0.2) is 0 Å². The molecule has 0 spiro atoms. The van der Waals surface area contributed by atoms with Crippen molar-refractivity contribution >= 4 is 34.1 Å². The number of fused-ring (bicyclic) bond motifs is 1. The average Bonchev–Trinajstić information content (AvgIpc) is 2.58. The molecule has 0 aliphatic heterocycles. The summed E-state index contributed by atoms with van der Waals surface area (Å²) < 4.78 is 0. The van der Waals surface area contributed by atoms with Gasteiger partial charge in [-0.25, -0.2) is 0 Å². The first kappa shape index (κ1) is 9.09. The van der Waals surface area contributed by atoms with Gasteiger partial charge in [0.05, 0.1) is 16.2 Å². The van der Waals surface area contributed by atoms with Crippen molar-refractivity contribution in [1.82, 2.24) is 4.98 Å². The summed E-state index contributed by atoms with van der Waals surface area (Å²) in [5.41, 5.74) is 1.61. The van der Waals surface area contributed by atoms with Crippen LogP contribution in [0.3, 0.4) is 0 Å². The lowest BCUT2D eigenvalue weighted by molar-refractivity contribution is -0.114. The van der Waals surface area contributed by atoms with E-state index in [-0.39, 0.29) is 5.91 Å². The van der Waals surface area contributed by atoms with Gasteiger partial charge in [0.2, 0.25) is 5.91 Å². The summed E-state index contributed by atoms with van der Waals surface area (Å²) in [6, 6.07) is 5.43. The number of nitrogens with one attached hydrogen (secondary N) is 2. The quantitative estimate of drug-likeness (QED) is 0.744. The number of anilines is 1. The van der Waals surface area contributed by atoms with E-state index in [1.165, 1.54) is 6.92 Å². The van der Waals surface area contributed by atoms with Crippen molar-refractivity contribution in [2.45, 2.75) is 6.92 Å². The smallest absolute Gasteiger partial charge is 0.221 e. The molecule has 4 heteroatoms.